The standard InChI is InChI=1S/C23H21N7.C18H18N2/c1-13-6-3-4-9-17(13)19-16(10-15-8-5-7-14(2)18(15)28-19)11-25-21-20-22(27-12-26-20)30-23(24)29-21;1-12-6-3-4-9-16(12)18-15(11-19)10-14-8-5-7-13(2)17(14)20-18/h3-10,12H,11H2,1-2H3,(H4,24,25,26,27,29,30);3-10H,11,19H2,1-2H3. The highest BCUT2D eigenvalue weighted by atomic mass is 15.1. The number of pyridine rings is 2. The highest BCUT2D eigenvalue weighted by Crippen LogP contribution is 2.31. The number of benzene rings is 4. The molecule has 4 aromatic heterocycles. The summed E-state index contributed by atoms with van der Waals surface area (Å²) >= 11 is 0. The molecule has 0 fully saturated rings. The van der Waals surface area contributed by atoms with E-state index in [-0.39, 0.29) is 5.95 Å². The molecule has 9 heteroatoms. The van der Waals surface area contributed by atoms with Crippen LogP contribution in [0.25, 0.3) is 55.5 Å². The zero-order chi connectivity index (χ0) is 34.8. The van der Waals surface area contributed by atoms with Crippen molar-refractivity contribution >= 4 is 44.7 Å². The number of hydrogen-bond acceptors (Lipinski definition) is 8. The number of aromatic nitrogens is 6. The number of fused-ring (bicyclic) bond motifs is 3. The molecule has 0 aliphatic rings. The smallest absolute Gasteiger partial charge is 0.224 e. The second-order valence-corrected chi connectivity index (χ2v) is 12.5. The van der Waals surface area contributed by atoms with Crippen LogP contribution in [0.1, 0.15) is 33.4 Å². The third kappa shape index (κ3) is 6.34. The summed E-state index contributed by atoms with van der Waals surface area (Å²) in [4.78, 5) is 25.7. The minimum absolute atomic E-state index is 0.184. The molecule has 9 nitrogen and oxygen atoms in total. The van der Waals surface area contributed by atoms with Crippen LogP contribution in [0, 0.1) is 27.7 Å². The van der Waals surface area contributed by atoms with E-state index >= 15 is 0 Å². The van der Waals surface area contributed by atoms with Gasteiger partial charge in [0.2, 0.25) is 5.95 Å². The minimum atomic E-state index is 0.184. The van der Waals surface area contributed by atoms with Crippen LogP contribution in [0.4, 0.5) is 11.8 Å². The van der Waals surface area contributed by atoms with Crippen LogP contribution < -0.4 is 16.8 Å². The maximum Gasteiger partial charge on any atom is 0.224 e. The first-order valence-electron chi connectivity index (χ1n) is 16.6. The van der Waals surface area contributed by atoms with E-state index in [1.54, 1.807) is 6.33 Å². The fraction of sp³-hybridized carbons (Fsp3) is 0.146. The molecular formula is C41H39N9. The Morgan fingerprint density at radius 3 is 1.74 bits per heavy atom. The Bertz CT molecular complexity index is 2500. The van der Waals surface area contributed by atoms with Gasteiger partial charge in [-0.25, -0.2) is 15.0 Å². The van der Waals surface area contributed by atoms with Gasteiger partial charge in [0, 0.05) is 35.0 Å². The highest BCUT2D eigenvalue weighted by molar-refractivity contribution is 5.88. The Morgan fingerprint density at radius 1 is 0.620 bits per heavy atom. The number of para-hydroxylation sites is 2. The zero-order valence-corrected chi connectivity index (χ0v) is 28.6. The number of H-pyrrole nitrogens is 1. The van der Waals surface area contributed by atoms with E-state index < -0.39 is 0 Å². The van der Waals surface area contributed by atoms with Gasteiger partial charge in [-0.15, -0.1) is 0 Å². The Morgan fingerprint density at radius 2 is 1.16 bits per heavy atom. The van der Waals surface area contributed by atoms with Crippen LogP contribution >= 0.6 is 0 Å². The van der Waals surface area contributed by atoms with E-state index in [0.29, 0.717) is 24.6 Å². The maximum absolute atomic E-state index is 5.93. The van der Waals surface area contributed by atoms with Gasteiger partial charge in [0.1, 0.15) is 5.52 Å². The number of nitrogens with one attached hydrogen (secondary N) is 2. The molecule has 0 aliphatic heterocycles. The summed E-state index contributed by atoms with van der Waals surface area (Å²) in [6.45, 7) is 9.44. The molecule has 4 heterocycles. The third-order valence-electron chi connectivity index (χ3n) is 9.02. The van der Waals surface area contributed by atoms with E-state index in [1.165, 1.54) is 16.7 Å². The maximum atomic E-state index is 5.93. The molecule has 8 rings (SSSR count). The van der Waals surface area contributed by atoms with Crippen molar-refractivity contribution in [2.45, 2.75) is 40.8 Å². The molecule has 0 unspecified atom stereocenters. The Labute approximate surface area is 290 Å². The molecule has 0 spiro atoms. The summed E-state index contributed by atoms with van der Waals surface area (Å²) in [5.74, 6) is 0.804. The fourth-order valence-electron chi connectivity index (χ4n) is 6.37. The number of nitrogens with zero attached hydrogens (tertiary/aromatic N) is 5. The number of aromatic amines is 1. The lowest BCUT2D eigenvalue weighted by Crippen LogP contribution is -2.07. The number of nitrogens with two attached hydrogens (primary N) is 2. The van der Waals surface area contributed by atoms with Crippen molar-refractivity contribution in [1.82, 2.24) is 29.9 Å². The summed E-state index contributed by atoms with van der Waals surface area (Å²) in [6.07, 6.45) is 1.59. The van der Waals surface area contributed by atoms with Gasteiger partial charge in [0.15, 0.2) is 11.5 Å². The summed E-state index contributed by atoms with van der Waals surface area (Å²) in [5.41, 5.74) is 26.3. The Hall–Kier alpha value is -6.19. The van der Waals surface area contributed by atoms with Crippen LogP contribution in [-0.2, 0) is 13.1 Å². The predicted octanol–water partition coefficient (Wildman–Crippen LogP) is 8.36. The first-order valence-corrected chi connectivity index (χ1v) is 16.6. The van der Waals surface area contributed by atoms with Gasteiger partial charge < -0.3 is 21.8 Å². The molecule has 6 N–H and O–H groups in total. The highest BCUT2D eigenvalue weighted by Gasteiger charge is 2.15. The monoisotopic (exact) mass is 657 g/mol. The Balaban J connectivity index is 0.000000170. The number of hydrogen-bond donors (Lipinski definition) is 4. The number of rotatable bonds is 6. The molecule has 0 radical (unpaired) electrons. The SMILES string of the molecule is Cc1ccccc1-c1nc2c(C)cccc2cc1CN.Cc1ccccc1-c1nc2c(C)cccc2cc1CNc1nc(N)nc2nc[nH]c12. The van der Waals surface area contributed by atoms with Crippen LogP contribution in [0.3, 0.4) is 0 Å². The predicted molar refractivity (Wildman–Crippen MR) is 205 cm³/mol. The molecule has 50 heavy (non-hydrogen) atoms. The quantitative estimate of drug-likeness (QED) is 0.140. The average molecular weight is 658 g/mol. The van der Waals surface area contributed by atoms with Crippen molar-refractivity contribution in [1.29, 1.82) is 0 Å². The van der Waals surface area contributed by atoms with Gasteiger partial charge >= 0.3 is 0 Å². The van der Waals surface area contributed by atoms with Crippen molar-refractivity contribution in [2.24, 2.45) is 5.73 Å². The lowest BCUT2D eigenvalue weighted by atomic mass is 9.98. The summed E-state index contributed by atoms with van der Waals surface area (Å²) < 4.78 is 0. The van der Waals surface area contributed by atoms with Crippen molar-refractivity contribution in [3.8, 4) is 22.5 Å². The molecule has 248 valence electrons. The molecular weight excluding hydrogens is 619 g/mol. The van der Waals surface area contributed by atoms with Crippen LogP contribution in [0.15, 0.2) is 103 Å². The van der Waals surface area contributed by atoms with Gasteiger partial charge in [-0.1, -0.05) is 84.9 Å². The molecule has 4 aromatic carbocycles. The molecule has 0 saturated carbocycles. The second-order valence-electron chi connectivity index (χ2n) is 12.5. The largest absolute Gasteiger partial charge is 0.368 e. The molecule has 0 atom stereocenters. The van der Waals surface area contributed by atoms with E-state index in [4.69, 9.17) is 21.4 Å². The van der Waals surface area contributed by atoms with Gasteiger partial charge in [0.25, 0.3) is 0 Å². The van der Waals surface area contributed by atoms with Crippen LogP contribution in [0.5, 0.6) is 0 Å². The lowest BCUT2D eigenvalue weighted by Gasteiger charge is -2.15. The van der Waals surface area contributed by atoms with Crippen molar-refractivity contribution in [2.75, 3.05) is 11.1 Å². The van der Waals surface area contributed by atoms with Crippen LogP contribution in [0.2, 0.25) is 0 Å². The number of nitrogen functional groups attached to an aromatic ring is 1. The molecule has 0 aliphatic carbocycles. The fourth-order valence-corrected chi connectivity index (χ4v) is 6.37. The van der Waals surface area contributed by atoms with E-state index in [2.05, 4.69) is 126 Å². The van der Waals surface area contributed by atoms with E-state index in [9.17, 15) is 0 Å². The zero-order valence-electron chi connectivity index (χ0n) is 28.6. The molecule has 8 aromatic rings. The van der Waals surface area contributed by atoms with Gasteiger partial charge in [-0.05, 0) is 73.2 Å². The second kappa shape index (κ2) is 13.7. The van der Waals surface area contributed by atoms with Gasteiger partial charge in [-0.3, -0.25) is 0 Å². The lowest BCUT2D eigenvalue weighted by molar-refractivity contribution is 1.06. The number of aryl methyl sites for hydroxylation is 4. The first kappa shape index (κ1) is 32.4. The Kier molecular flexibility index (Phi) is 8.89. The van der Waals surface area contributed by atoms with Crippen LogP contribution in [-0.4, -0.2) is 29.9 Å². The molecule has 0 saturated heterocycles. The van der Waals surface area contributed by atoms with Crippen molar-refractivity contribution in [3.05, 3.63) is 137 Å². The minimum Gasteiger partial charge on any atom is -0.368 e. The topological polar surface area (TPSA) is 144 Å². The summed E-state index contributed by atoms with van der Waals surface area (Å²) in [7, 11) is 0. The summed E-state index contributed by atoms with van der Waals surface area (Å²) in [5, 5.41) is 5.66. The number of imidazole rings is 1. The third-order valence-corrected chi connectivity index (χ3v) is 9.02. The van der Waals surface area contributed by atoms with E-state index in [0.717, 1.165) is 66.5 Å². The average Bonchev–Trinajstić information content (AvgIpc) is 3.60. The van der Waals surface area contributed by atoms with E-state index in [1.807, 2.05) is 24.3 Å². The van der Waals surface area contributed by atoms with Gasteiger partial charge in [-0.2, -0.15) is 9.97 Å². The normalized spacial score (nSPS) is 11.1. The molecule has 0 bridgehead atoms. The van der Waals surface area contributed by atoms with Crippen molar-refractivity contribution < 1.29 is 0 Å². The first-order chi connectivity index (χ1) is 24.3. The summed E-state index contributed by atoms with van der Waals surface area (Å²) in [6, 6.07) is 33.5. The number of anilines is 2. The van der Waals surface area contributed by atoms with Gasteiger partial charge in [0.05, 0.1) is 28.7 Å². The van der Waals surface area contributed by atoms with Crippen molar-refractivity contribution in [3.63, 3.8) is 0 Å². The molecule has 0 amide bonds.